The van der Waals surface area contributed by atoms with Crippen LogP contribution in [0.15, 0.2) is 60.7 Å². The van der Waals surface area contributed by atoms with E-state index in [9.17, 15) is 4.79 Å². The number of hydrogen-bond acceptors (Lipinski definition) is 5. The van der Waals surface area contributed by atoms with Gasteiger partial charge in [-0.05, 0) is 30.7 Å². The minimum Gasteiger partial charge on any atom is -0.496 e. The number of aromatic nitrogens is 2. The number of rotatable bonds is 6. The van der Waals surface area contributed by atoms with Crippen LogP contribution in [0.25, 0.3) is 16.6 Å². The lowest BCUT2D eigenvalue weighted by molar-refractivity contribution is 0.0339. The Hall–Kier alpha value is -3.42. The number of benzene rings is 2. The third-order valence-corrected chi connectivity index (χ3v) is 6.17. The highest BCUT2D eigenvalue weighted by Gasteiger charge is 2.23. The molecule has 1 saturated heterocycles. The molecule has 1 fully saturated rings. The molecule has 0 bridgehead atoms. The fraction of sp³-hybridized carbons (Fsp3) is 0.308. The van der Waals surface area contributed by atoms with Crippen LogP contribution in [-0.2, 0) is 11.3 Å². The fourth-order valence-electron chi connectivity index (χ4n) is 4.36. The fourth-order valence-corrected chi connectivity index (χ4v) is 4.36. The number of carbonyl (C=O) groups excluding carboxylic acids is 1. The highest BCUT2D eigenvalue weighted by molar-refractivity contribution is 5.96. The molecule has 2 heterocycles. The maximum atomic E-state index is 13.2. The number of imidazole rings is 1. The van der Waals surface area contributed by atoms with Gasteiger partial charge in [-0.15, -0.1) is 0 Å². The van der Waals surface area contributed by atoms with Gasteiger partial charge in [0.05, 0.1) is 37.4 Å². The Labute approximate surface area is 193 Å². The molecule has 3 aromatic rings. The Balaban J connectivity index is 1.32. The predicted molar refractivity (Wildman–Crippen MR) is 128 cm³/mol. The van der Waals surface area contributed by atoms with Crippen molar-refractivity contribution >= 4 is 22.5 Å². The monoisotopic (exact) mass is 444 g/mol. The van der Waals surface area contributed by atoms with E-state index in [0.717, 1.165) is 66.6 Å². The molecule has 1 amide bonds. The molecule has 7 heteroatoms. The molecule has 33 heavy (non-hydrogen) atoms. The average molecular weight is 445 g/mol. The van der Waals surface area contributed by atoms with Gasteiger partial charge in [0.2, 0.25) is 0 Å². The first-order valence-corrected chi connectivity index (χ1v) is 11.3. The topological polar surface area (TPSA) is 79.5 Å². The zero-order valence-electron chi connectivity index (χ0n) is 18.7. The summed E-state index contributed by atoms with van der Waals surface area (Å²) >= 11 is 0. The lowest BCUT2D eigenvalue weighted by atomic mass is 9.97. The maximum absolute atomic E-state index is 13.2. The number of ether oxygens (including phenoxy) is 2. The number of allylic oxidation sites excluding steroid dienone is 2. The molecule has 0 spiro atoms. The molecule has 1 aliphatic carbocycles. The molecular formula is C26H28N4O3. The molecular weight excluding hydrogens is 416 g/mol. The van der Waals surface area contributed by atoms with Gasteiger partial charge in [-0.25, -0.2) is 4.98 Å². The second-order valence-corrected chi connectivity index (χ2v) is 8.33. The number of nitrogens with zero attached hydrogens (tertiary/aromatic N) is 2. The summed E-state index contributed by atoms with van der Waals surface area (Å²) in [6.07, 6.45) is 6.79. The van der Waals surface area contributed by atoms with Crippen LogP contribution < -0.4 is 10.1 Å². The van der Waals surface area contributed by atoms with E-state index in [0.29, 0.717) is 12.0 Å². The van der Waals surface area contributed by atoms with E-state index in [-0.39, 0.29) is 11.9 Å². The van der Waals surface area contributed by atoms with Gasteiger partial charge in [0.1, 0.15) is 11.6 Å². The van der Waals surface area contributed by atoms with Gasteiger partial charge in [-0.1, -0.05) is 36.4 Å². The van der Waals surface area contributed by atoms with Gasteiger partial charge in [-0.2, -0.15) is 0 Å². The molecule has 2 N–H and O–H groups in total. The molecule has 170 valence electrons. The molecule has 1 atom stereocenters. The number of hydrogen-bond donors (Lipinski definition) is 2. The Bertz CT molecular complexity index is 1170. The zero-order chi connectivity index (χ0) is 22.6. The van der Waals surface area contributed by atoms with Crippen LogP contribution in [0.3, 0.4) is 0 Å². The van der Waals surface area contributed by atoms with Gasteiger partial charge in [0.15, 0.2) is 0 Å². The van der Waals surface area contributed by atoms with Crippen molar-refractivity contribution in [3.63, 3.8) is 0 Å². The van der Waals surface area contributed by atoms with Crippen LogP contribution >= 0.6 is 0 Å². The lowest BCUT2D eigenvalue weighted by Gasteiger charge is -2.27. The molecule has 0 radical (unpaired) electrons. The minimum absolute atomic E-state index is 0.131. The van der Waals surface area contributed by atoms with E-state index >= 15 is 0 Å². The first-order chi connectivity index (χ1) is 16.2. The highest BCUT2D eigenvalue weighted by atomic mass is 16.5. The van der Waals surface area contributed by atoms with E-state index in [1.807, 2.05) is 54.6 Å². The summed E-state index contributed by atoms with van der Waals surface area (Å²) in [5.41, 5.74) is 4.51. The molecule has 2 aromatic carbocycles. The molecule has 1 unspecified atom stereocenters. The SMILES string of the molecule is COc1cc(C(=O)NC2CC=CC=C2c2nc3ccccc3[nH]2)ccc1CN1CCOCC1. The number of H-pyrrole nitrogens is 1. The van der Waals surface area contributed by atoms with Crippen LogP contribution in [0.1, 0.15) is 28.2 Å². The lowest BCUT2D eigenvalue weighted by Crippen LogP contribution is -2.36. The molecule has 0 saturated carbocycles. The Morgan fingerprint density at radius 2 is 2.09 bits per heavy atom. The highest BCUT2D eigenvalue weighted by Crippen LogP contribution is 2.26. The summed E-state index contributed by atoms with van der Waals surface area (Å²) in [5, 5.41) is 3.18. The predicted octanol–water partition coefficient (Wildman–Crippen LogP) is 3.55. The number of morpholine rings is 1. The Morgan fingerprint density at radius 3 is 2.91 bits per heavy atom. The quantitative estimate of drug-likeness (QED) is 0.608. The second kappa shape index (κ2) is 9.60. The van der Waals surface area contributed by atoms with Crippen molar-refractivity contribution in [2.24, 2.45) is 0 Å². The zero-order valence-corrected chi connectivity index (χ0v) is 18.7. The summed E-state index contributed by atoms with van der Waals surface area (Å²) in [7, 11) is 1.65. The number of nitrogens with one attached hydrogen (secondary N) is 2. The summed E-state index contributed by atoms with van der Waals surface area (Å²) < 4.78 is 11.0. The van der Waals surface area contributed by atoms with Crippen molar-refractivity contribution in [3.8, 4) is 5.75 Å². The van der Waals surface area contributed by atoms with Crippen molar-refractivity contribution in [2.45, 2.75) is 19.0 Å². The standard InChI is InChI=1S/C26H28N4O3/c1-32-24-16-18(10-11-19(24)17-30-12-14-33-15-13-30)26(31)29-21-7-3-2-6-20(21)25-27-22-8-4-5-9-23(22)28-25/h2-6,8-11,16,21H,7,12-15,17H2,1H3,(H,27,28)(H,29,31). The van der Waals surface area contributed by atoms with E-state index in [2.05, 4.69) is 21.3 Å². The van der Waals surface area contributed by atoms with Gasteiger partial charge < -0.3 is 19.8 Å². The van der Waals surface area contributed by atoms with E-state index in [4.69, 9.17) is 14.5 Å². The number of para-hydroxylation sites is 2. The van der Waals surface area contributed by atoms with Crippen LogP contribution in [0.4, 0.5) is 0 Å². The Kier molecular flexibility index (Phi) is 6.24. The van der Waals surface area contributed by atoms with Gasteiger partial charge in [-0.3, -0.25) is 9.69 Å². The van der Waals surface area contributed by atoms with Gasteiger partial charge in [0, 0.05) is 36.3 Å². The summed E-state index contributed by atoms with van der Waals surface area (Å²) in [6.45, 7) is 4.08. The van der Waals surface area contributed by atoms with Crippen molar-refractivity contribution in [3.05, 3.63) is 77.6 Å². The second-order valence-electron chi connectivity index (χ2n) is 8.33. The van der Waals surface area contributed by atoms with Crippen molar-refractivity contribution in [1.82, 2.24) is 20.2 Å². The molecule has 7 nitrogen and oxygen atoms in total. The van der Waals surface area contributed by atoms with E-state index < -0.39 is 0 Å². The number of aromatic amines is 1. The minimum atomic E-state index is -0.165. The molecule has 1 aliphatic heterocycles. The Morgan fingerprint density at radius 1 is 1.24 bits per heavy atom. The smallest absolute Gasteiger partial charge is 0.251 e. The number of methoxy groups -OCH3 is 1. The normalized spacial score (nSPS) is 18.8. The molecule has 5 rings (SSSR count). The molecule has 2 aliphatic rings. The van der Waals surface area contributed by atoms with E-state index in [1.54, 1.807) is 7.11 Å². The third kappa shape index (κ3) is 4.69. The molecule has 1 aromatic heterocycles. The number of amides is 1. The first kappa shape index (κ1) is 21.4. The summed E-state index contributed by atoms with van der Waals surface area (Å²) in [5.74, 6) is 1.38. The third-order valence-electron chi connectivity index (χ3n) is 6.17. The summed E-state index contributed by atoms with van der Waals surface area (Å²) in [4.78, 5) is 23.6. The number of fused-ring (bicyclic) bond motifs is 1. The van der Waals surface area contributed by atoms with Crippen LogP contribution in [0.2, 0.25) is 0 Å². The van der Waals surface area contributed by atoms with Crippen LogP contribution in [-0.4, -0.2) is 60.2 Å². The van der Waals surface area contributed by atoms with Crippen molar-refractivity contribution in [1.29, 1.82) is 0 Å². The first-order valence-electron chi connectivity index (χ1n) is 11.3. The largest absolute Gasteiger partial charge is 0.496 e. The van der Waals surface area contributed by atoms with Crippen molar-refractivity contribution in [2.75, 3.05) is 33.4 Å². The van der Waals surface area contributed by atoms with Gasteiger partial charge in [0.25, 0.3) is 5.91 Å². The van der Waals surface area contributed by atoms with Crippen molar-refractivity contribution < 1.29 is 14.3 Å². The van der Waals surface area contributed by atoms with Crippen LogP contribution in [0.5, 0.6) is 5.75 Å². The average Bonchev–Trinajstić information content (AvgIpc) is 3.29. The summed E-state index contributed by atoms with van der Waals surface area (Å²) in [6, 6.07) is 13.5. The van der Waals surface area contributed by atoms with Gasteiger partial charge >= 0.3 is 0 Å². The van der Waals surface area contributed by atoms with E-state index in [1.165, 1.54) is 0 Å². The van der Waals surface area contributed by atoms with Crippen LogP contribution in [0, 0.1) is 0 Å². The number of carbonyl (C=O) groups is 1. The maximum Gasteiger partial charge on any atom is 0.251 e.